The summed E-state index contributed by atoms with van der Waals surface area (Å²) in [6.07, 6.45) is 2.39. The van der Waals surface area contributed by atoms with Gasteiger partial charge in [0.2, 0.25) is 0 Å². The van der Waals surface area contributed by atoms with E-state index in [-0.39, 0.29) is 24.0 Å². The molecule has 0 amide bonds. The number of aliphatic imine (C=N–C) groups is 1. The molecule has 0 aliphatic carbocycles. The fourth-order valence-corrected chi connectivity index (χ4v) is 4.54. The van der Waals surface area contributed by atoms with E-state index >= 15 is 0 Å². The molecular formula is C24H34ClIN4O. The minimum atomic E-state index is 0. The van der Waals surface area contributed by atoms with Crippen LogP contribution in [0.5, 0.6) is 0 Å². The zero-order valence-corrected chi connectivity index (χ0v) is 21.7. The molecule has 0 radical (unpaired) electrons. The van der Waals surface area contributed by atoms with Gasteiger partial charge < -0.3 is 15.4 Å². The number of methoxy groups -OCH3 is 1. The second kappa shape index (κ2) is 13.3. The number of benzene rings is 2. The molecule has 170 valence electrons. The smallest absolute Gasteiger partial charge is 0.191 e. The van der Waals surface area contributed by atoms with Gasteiger partial charge in [0.05, 0.1) is 6.61 Å². The lowest BCUT2D eigenvalue weighted by Crippen LogP contribution is -2.44. The number of ether oxygens (including phenoxy) is 1. The molecule has 0 bridgehead atoms. The molecule has 1 heterocycles. The Balaban J connectivity index is 0.00000341. The Bertz CT molecular complexity index is 848. The zero-order chi connectivity index (χ0) is 21.3. The van der Waals surface area contributed by atoms with E-state index in [1.807, 2.05) is 25.2 Å². The third kappa shape index (κ3) is 7.34. The van der Waals surface area contributed by atoms with Crippen molar-refractivity contribution in [2.75, 3.05) is 34.3 Å². The van der Waals surface area contributed by atoms with Gasteiger partial charge in [-0.3, -0.25) is 9.89 Å². The highest BCUT2D eigenvalue weighted by molar-refractivity contribution is 14.0. The van der Waals surface area contributed by atoms with E-state index in [1.54, 1.807) is 7.11 Å². The number of nitrogens with zero attached hydrogens (tertiary/aromatic N) is 2. The number of piperidine rings is 1. The van der Waals surface area contributed by atoms with Crippen LogP contribution < -0.4 is 10.6 Å². The van der Waals surface area contributed by atoms with Crippen LogP contribution in [-0.2, 0) is 17.9 Å². The summed E-state index contributed by atoms with van der Waals surface area (Å²) in [5.41, 5.74) is 3.70. The standard InChI is InChI=1S/C24H33ClN4O.HI/c1-26-24(27-15-19-8-4-5-9-21(19)17-30-3)28-16-20-11-7-13-29(2)23(20)18-10-6-12-22(25)14-18;/h4-6,8-10,12,14,20,23H,7,11,13,15-17H2,1-3H3,(H2,26,27,28);1H. The van der Waals surface area contributed by atoms with Gasteiger partial charge in [-0.05, 0) is 61.2 Å². The third-order valence-corrected chi connectivity index (χ3v) is 6.05. The normalized spacial score (nSPS) is 19.5. The first-order valence-corrected chi connectivity index (χ1v) is 11.0. The van der Waals surface area contributed by atoms with Crippen molar-refractivity contribution < 1.29 is 4.74 Å². The van der Waals surface area contributed by atoms with E-state index < -0.39 is 0 Å². The van der Waals surface area contributed by atoms with Crippen LogP contribution in [-0.4, -0.2) is 45.2 Å². The molecule has 2 aromatic rings. The van der Waals surface area contributed by atoms with Gasteiger partial charge >= 0.3 is 0 Å². The van der Waals surface area contributed by atoms with Crippen molar-refractivity contribution in [1.29, 1.82) is 0 Å². The quantitative estimate of drug-likeness (QED) is 0.291. The number of hydrogen-bond acceptors (Lipinski definition) is 3. The Kier molecular flexibility index (Phi) is 11.1. The average molecular weight is 557 g/mol. The predicted molar refractivity (Wildman–Crippen MR) is 140 cm³/mol. The Labute approximate surface area is 208 Å². The maximum Gasteiger partial charge on any atom is 0.191 e. The molecule has 1 aliphatic heterocycles. The van der Waals surface area contributed by atoms with Crippen molar-refractivity contribution in [3.8, 4) is 0 Å². The van der Waals surface area contributed by atoms with Gasteiger partial charge in [0, 0.05) is 38.3 Å². The topological polar surface area (TPSA) is 48.9 Å². The first-order chi connectivity index (χ1) is 14.6. The van der Waals surface area contributed by atoms with Gasteiger partial charge in [0.25, 0.3) is 0 Å². The molecule has 31 heavy (non-hydrogen) atoms. The number of hydrogen-bond donors (Lipinski definition) is 2. The molecule has 2 aromatic carbocycles. The fraction of sp³-hybridized carbons (Fsp3) is 0.458. The van der Waals surface area contributed by atoms with Crippen LogP contribution in [0.15, 0.2) is 53.5 Å². The molecule has 2 unspecified atom stereocenters. The molecule has 0 spiro atoms. The summed E-state index contributed by atoms with van der Waals surface area (Å²) in [5, 5.41) is 7.79. The predicted octanol–water partition coefficient (Wildman–Crippen LogP) is 4.85. The monoisotopic (exact) mass is 556 g/mol. The molecule has 0 aromatic heterocycles. The average Bonchev–Trinajstić information content (AvgIpc) is 2.75. The highest BCUT2D eigenvalue weighted by atomic mass is 127. The lowest BCUT2D eigenvalue weighted by atomic mass is 9.85. The molecule has 5 nitrogen and oxygen atoms in total. The lowest BCUT2D eigenvalue weighted by molar-refractivity contribution is 0.122. The van der Waals surface area contributed by atoms with Gasteiger partial charge in [0.1, 0.15) is 0 Å². The molecule has 1 aliphatic rings. The summed E-state index contributed by atoms with van der Waals surface area (Å²) in [5.74, 6) is 1.31. The van der Waals surface area contributed by atoms with E-state index in [1.165, 1.54) is 29.5 Å². The van der Waals surface area contributed by atoms with E-state index in [4.69, 9.17) is 16.3 Å². The summed E-state index contributed by atoms with van der Waals surface area (Å²) in [4.78, 5) is 6.87. The van der Waals surface area contributed by atoms with E-state index in [9.17, 15) is 0 Å². The van der Waals surface area contributed by atoms with Crippen LogP contribution in [0.3, 0.4) is 0 Å². The highest BCUT2D eigenvalue weighted by Gasteiger charge is 2.30. The van der Waals surface area contributed by atoms with Crippen LogP contribution in [0.2, 0.25) is 5.02 Å². The number of likely N-dealkylation sites (tertiary alicyclic amines) is 1. The third-order valence-electron chi connectivity index (χ3n) is 5.82. The van der Waals surface area contributed by atoms with Crippen molar-refractivity contribution in [3.05, 3.63) is 70.2 Å². The summed E-state index contributed by atoms with van der Waals surface area (Å²) < 4.78 is 5.31. The Morgan fingerprint density at radius 2 is 1.94 bits per heavy atom. The van der Waals surface area contributed by atoms with Gasteiger partial charge in [-0.25, -0.2) is 0 Å². The molecule has 1 saturated heterocycles. The second-order valence-electron chi connectivity index (χ2n) is 7.89. The van der Waals surface area contributed by atoms with Crippen LogP contribution in [0.1, 0.15) is 35.6 Å². The van der Waals surface area contributed by atoms with Crippen molar-refractivity contribution in [2.24, 2.45) is 10.9 Å². The molecule has 7 heteroatoms. The van der Waals surface area contributed by atoms with E-state index in [2.05, 4.69) is 57.9 Å². The molecule has 1 fully saturated rings. The van der Waals surface area contributed by atoms with Crippen molar-refractivity contribution in [3.63, 3.8) is 0 Å². The van der Waals surface area contributed by atoms with Crippen LogP contribution in [0.4, 0.5) is 0 Å². The lowest BCUT2D eigenvalue weighted by Gasteiger charge is -2.40. The zero-order valence-electron chi connectivity index (χ0n) is 18.6. The largest absolute Gasteiger partial charge is 0.380 e. The second-order valence-corrected chi connectivity index (χ2v) is 8.33. The number of guanidine groups is 1. The SMILES string of the molecule is CN=C(NCc1ccccc1COC)NCC1CCCN(C)C1c1cccc(Cl)c1.I. The van der Waals surface area contributed by atoms with Gasteiger partial charge in [0.15, 0.2) is 5.96 Å². The minimum Gasteiger partial charge on any atom is -0.380 e. The Hall–Kier alpha value is -1.35. The molecule has 2 N–H and O–H groups in total. The molecule has 2 atom stereocenters. The maximum atomic E-state index is 6.27. The van der Waals surface area contributed by atoms with Gasteiger partial charge in [-0.15, -0.1) is 24.0 Å². The number of rotatable bonds is 7. The summed E-state index contributed by atoms with van der Waals surface area (Å²) in [7, 11) is 5.75. The van der Waals surface area contributed by atoms with Crippen LogP contribution in [0, 0.1) is 5.92 Å². The van der Waals surface area contributed by atoms with Crippen molar-refractivity contribution in [1.82, 2.24) is 15.5 Å². The van der Waals surface area contributed by atoms with Crippen molar-refractivity contribution in [2.45, 2.75) is 32.0 Å². The van der Waals surface area contributed by atoms with Gasteiger partial charge in [-0.1, -0.05) is 48.0 Å². The highest BCUT2D eigenvalue weighted by Crippen LogP contribution is 2.35. The molecular weight excluding hydrogens is 523 g/mol. The summed E-state index contributed by atoms with van der Waals surface area (Å²) in [6.45, 7) is 3.29. The number of halogens is 2. The van der Waals surface area contributed by atoms with E-state index in [0.29, 0.717) is 25.1 Å². The Morgan fingerprint density at radius 3 is 2.65 bits per heavy atom. The summed E-state index contributed by atoms with van der Waals surface area (Å²) >= 11 is 6.27. The fourth-order valence-electron chi connectivity index (χ4n) is 4.34. The summed E-state index contributed by atoms with van der Waals surface area (Å²) in [6, 6.07) is 16.9. The molecule has 3 rings (SSSR count). The number of nitrogens with one attached hydrogen (secondary N) is 2. The van der Waals surface area contributed by atoms with Crippen LogP contribution >= 0.6 is 35.6 Å². The minimum absolute atomic E-state index is 0. The van der Waals surface area contributed by atoms with E-state index in [0.717, 1.165) is 24.1 Å². The molecule has 0 saturated carbocycles. The Morgan fingerprint density at radius 1 is 1.16 bits per heavy atom. The van der Waals surface area contributed by atoms with Gasteiger partial charge in [-0.2, -0.15) is 0 Å². The van der Waals surface area contributed by atoms with Crippen molar-refractivity contribution >= 4 is 41.5 Å². The first kappa shape index (κ1) is 25.9. The van der Waals surface area contributed by atoms with Crippen LogP contribution in [0.25, 0.3) is 0 Å². The maximum absolute atomic E-state index is 6.27. The first-order valence-electron chi connectivity index (χ1n) is 10.6.